The summed E-state index contributed by atoms with van der Waals surface area (Å²) in [5.74, 6) is 0.540. The largest absolute Gasteiger partial charge is 0.481 e. The van der Waals surface area contributed by atoms with E-state index in [2.05, 4.69) is 5.32 Å². The minimum Gasteiger partial charge on any atom is -0.481 e. The minimum absolute atomic E-state index is 0.156. The molecule has 2 aromatic rings. The minimum atomic E-state index is -0.543. The lowest BCUT2D eigenvalue weighted by Crippen LogP contribution is -2.30. The lowest BCUT2D eigenvalue weighted by molar-refractivity contribution is -0.122. The van der Waals surface area contributed by atoms with E-state index in [-0.39, 0.29) is 5.91 Å². The third kappa shape index (κ3) is 3.85. The molecule has 0 bridgehead atoms. The van der Waals surface area contributed by atoms with Gasteiger partial charge in [-0.3, -0.25) is 4.79 Å². The van der Waals surface area contributed by atoms with Gasteiger partial charge in [-0.1, -0.05) is 29.8 Å². The number of hydrogen-bond acceptors (Lipinski definition) is 2. The van der Waals surface area contributed by atoms with Gasteiger partial charge < -0.3 is 10.1 Å². The van der Waals surface area contributed by atoms with Crippen molar-refractivity contribution in [3.63, 3.8) is 0 Å². The van der Waals surface area contributed by atoms with Crippen LogP contribution < -0.4 is 10.1 Å². The molecule has 3 nitrogen and oxygen atoms in total. The Morgan fingerprint density at radius 1 is 1.05 bits per heavy atom. The highest BCUT2D eigenvalue weighted by molar-refractivity contribution is 5.94. The number of rotatable bonds is 4. The molecule has 0 aromatic heterocycles. The molecule has 0 aliphatic rings. The van der Waals surface area contributed by atoms with Crippen molar-refractivity contribution < 1.29 is 9.53 Å². The number of nitrogens with one attached hydrogen (secondary N) is 1. The van der Waals surface area contributed by atoms with Crippen LogP contribution in [0.5, 0.6) is 5.75 Å². The molecule has 0 fully saturated rings. The first-order valence-electron chi connectivity index (χ1n) is 6.65. The monoisotopic (exact) mass is 269 g/mol. The Kier molecular flexibility index (Phi) is 4.41. The van der Waals surface area contributed by atoms with Gasteiger partial charge in [-0.05, 0) is 50.6 Å². The Labute approximate surface area is 119 Å². The number of benzene rings is 2. The SMILES string of the molecule is Cc1ccc(O[C@@H](C)C(=O)Nc2cccc(C)c2)cc1. The summed E-state index contributed by atoms with van der Waals surface area (Å²) in [7, 11) is 0. The molecule has 20 heavy (non-hydrogen) atoms. The van der Waals surface area contributed by atoms with Crippen LogP contribution in [0.1, 0.15) is 18.1 Å². The zero-order chi connectivity index (χ0) is 14.5. The topological polar surface area (TPSA) is 38.3 Å². The number of aryl methyl sites for hydroxylation is 2. The van der Waals surface area contributed by atoms with Crippen molar-refractivity contribution in [2.24, 2.45) is 0 Å². The maximum atomic E-state index is 12.1. The first-order valence-corrected chi connectivity index (χ1v) is 6.65. The molecule has 2 rings (SSSR count). The summed E-state index contributed by atoms with van der Waals surface area (Å²) in [4.78, 5) is 12.1. The van der Waals surface area contributed by atoms with Crippen LogP contribution in [0.4, 0.5) is 5.69 Å². The van der Waals surface area contributed by atoms with Crippen LogP contribution in [0, 0.1) is 13.8 Å². The van der Waals surface area contributed by atoms with Crippen LogP contribution in [0.15, 0.2) is 48.5 Å². The van der Waals surface area contributed by atoms with E-state index in [9.17, 15) is 4.79 Å². The average Bonchev–Trinajstić information content (AvgIpc) is 2.41. The molecule has 0 spiro atoms. The summed E-state index contributed by atoms with van der Waals surface area (Å²) in [5, 5.41) is 2.85. The zero-order valence-electron chi connectivity index (χ0n) is 12.0. The van der Waals surface area contributed by atoms with Gasteiger partial charge >= 0.3 is 0 Å². The number of hydrogen-bond donors (Lipinski definition) is 1. The quantitative estimate of drug-likeness (QED) is 0.919. The fraction of sp³-hybridized carbons (Fsp3) is 0.235. The van der Waals surface area contributed by atoms with Crippen molar-refractivity contribution in [2.75, 3.05) is 5.32 Å². The zero-order valence-corrected chi connectivity index (χ0v) is 12.0. The normalized spacial score (nSPS) is 11.8. The second-order valence-corrected chi connectivity index (χ2v) is 4.93. The van der Waals surface area contributed by atoms with Crippen molar-refractivity contribution in [1.82, 2.24) is 0 Å². The summed E-state index contributed by atoms with van der Waals surface area (Å²) < 4.78 is 5.62. The van der Waals surface area contributed by atoms with Crippen molar-refractivity contribution >= 4 is 11.6 Å². The molecule has 1 atom stereocenters. The first-order chi connectivity index (χ1) is 9.54. The maximum absolute atomic E-state index is 12.1. The smallest absolute Gasteiger partial charge is 0.265 e. The third-order valence-corrected chi connectivity index (χ3v) is 2.99. The van der Waals surface area contributed by atoms with E-state index in [4.69, 9.17) is 4.74 Å². The van der Waals surface area contributed by atoms with Gasteiger partial charge in [0.25, 0.3) is 5.91 Å². The van der Waals surface area contributed by atoms with Crippen LogP contribution in [0.3, 0.4) is 0 Å². The number of ether oxygens (including phenoxy) is 1. The van der Waals surface area contributed by atoms with E-state index < -0.39 is 6.10 Å². The highest BCUT2D eigenvalue weighted by Crippen LogP contribution is 2.15. The Bertz CT molecular complexity index is 590. The van der Waals surface area contributed by atoms with Crippen LogP contribution in [-0.4, -0.2) is 12.0 Å². The number of anilines is 1. The molecule has 0 aliphatic carbocycles. The molecule has 104 valence electrons. The van der Waals surface area contributed by atoms with Gasteiger partial charge in [0.2, 0.25) is 0 Å². The van der Waals surface area contributed by atoms with Gasteiger partial charge in [0, 0.05) is 5.69 Å². The third-order valence-electron chi connectivity index (χ3n) is 2.99. The van der Waals surface area contributed by atoms with Crippen LogP contribution in [-0.2, 0) is 4.79 Å². The molecule has 0 aliphatic heterocycles. The Hall–Kier alpha value is -2.29. The maximum Gasteiger partial charge on any atom is 0.265 e. The molecule has 3 heteroatoms. The second kappa shape index (κ2) is 6.24. The highest BCUT2D eigenvalue weighted by Gasteiger charge is 2.14. The van der Waals surface area contributed by atoms with Crippen LogP contribution in [0.2, 0.25) is 0 Å². The number of amides is 1. The predicted molar refractivity (Wildman–Crippen MR) is 81.1 cm³/mol. The van der Waals surface area contributed by atoms with Gasteiger partial charge in [0.1, 0.15) is 5.75 Å². The number of carbonyl (C=O) groups is 1. The Balaban J connectivity index is 1.96. The van der Waals surface area contributed by atoms with E-state index in [1.165, 1.54) is 0 Å². The Morgan fingerprint density at radius 3 is 2.40 bits per heavy atom. The number of carbonyl (C=O) groups excluding carboxylic acids is 1. The molecule has 0 heterocycles. The molecule has 1 amide bonds. The van der Waals surface area contributed by atoms with Gasteiger partial charge in [-0.2, -0.15) is 0 Å². The lowest BCUT2D eigenvalue weighted by atomic mass is 10.2. The van der Waals surface area contributed by atoms with E-state index in [0.29, 0.717) is 5.75 Å². The van der Waals surface area contributed by atoms with Crippen LogP contribution >= 0.6 is 0 Å². The van der Waals surface area contributed by atoms with Crippen molar-refractivity contribution in [1.29, 1.82) is 0 Å². The van der Waals surface area contributed by atoms with E-state index in [0.717, 1.165) is 16.8 Å². The Morgan fingerprint density at radius 2 is 1.75 bits per heavy atom. The van der Waals surface area contributed by atoms with Gasteiger partial charge in [0.15, 0.2) is 6.10 Å². The first kappa shape index (κ1) is 14.1. The summed E-state index contributed by atoms with van der Waals surface area (Å²) in [5.41, 5.74) is 3.05. The standard InChI is InChI=1S/C17H19NO2/c1-12-7-9-16(10-8-12)20-14(3)17(19)18-15-6-4-5-13(2)11-15/h4-11,14H,1-3H3,(H,18,19)/t14-/m0/s1. The lowest BCUT2D eigenvalue weighted by Gasteiger charge is -2.15. The molecule has 2 aromatic carbocycles. The molecule has 0 saturated heterocycles. The molecule has 0 unspecified atom stereocenters. The summed E-state index contributed by atoms with van der Waals surface area (Å²) in [6.45, 7) is 5.74. The molecular formula is C17H19NO2. The average molecular weight is 269 g/mol. The fourth-order valence-corrected chi connectivity index (χ4v) is 1.84. The van der Waals surface area contributed by atoms with Crippen LogP contribution in [0.25, 0.3) is 0 Å². The fourth-order valence-electron chi connectivity index (χ4n) is 1.84. The van der Waals surface area contributed by atoms with E-state index in [1.807, 2.05) is 62.4 Å². The summed E-state index contributed by atoms with van der Waals surface area (Å²) in [6, 6.07) is 15.3. The predicted octanol–water partition coefficient (Wildman–Crippen LogP) is 3.71. The van der Waals surface area contributed by atoms with Crippen molar-refractivity contribution in [3.05, 3.63) is 59.7 Å². The van der Waals surface area contributed by atoms with Crippen molar-refractivity contribution in [3.8, 4) is 5.75 Å². The van der Waals surface area contributed by atoms with E-state index >= 15 is 0 Å². The highest BCUT2D eigenvalue weighted by atomic mass is 16.5. The molecule has 1 N–H and O–H groups in total. The van der Waals surface area contributed by atoms with Gasteiger partial charge in [-0.15, -0.1) is 0 Å². The molecule has 0 radical (unpaired) electrons. The van der Waals surface area contributed by atoms with Gasteiger partial charge in [-0.25, -0.2) is 0 Å². The molecular weight excluding hydrogens is 250 g/mol. The summed E-state index contributed by atoms with van der Waals surface area (Å²) in [6.07, 6.45) is -0.543. The summed E-state index contributed by atoms with van der Waals surface area (Å²) >= 11 is 0. The molecule has 0 saturated carbocycles. The van der Waals surface area contributed by atoms with Gasteiger partial charge in [0.05, 0.1) is 0 Å². The van der Waals surface area contributed by atoms with E-state index in [1.54, 1.807) is 6.92 Å². The second-order valence-electron chi connectivity index (χ2n) is 4.93. The van der Waals surface area contributed by atoms with Crippen molar-refractivity contribution in [2.45, 2.75) is 26.9 Å².